The molecule has 10 heteroatoms. The SMILES string of the molecule is CCCC[C@](C)(NC(C)=O)C(=O)N1CC(=O)C2C1CCN2C(=O)C(CC(C)C)NC(=O)c1ccc(N(C)C)cc1. The summed E-state index contributed by atoms with van der Waals surface area (Å²) in [6.07, 6.45) is 2.95. The van der Waals surface area contributed by atoms with Gasteiger partial charge in [0.25, 0.3) is 5.91 Å². The molecule has 0 aliphatic carbocycles. The Hall–Kier alpha value is -3.43. The number of unbranched alkanes of at least 4 members (excludes halogenated alkanes) is 1. The second-order valence-corrected chi connectivity index (χ2v) is 11.9. The Morgan fingerprint density at radius 3 is 2.30 bits per heavy atom. The third-order valence-electron chi connectivity index (χ3n) is 7.88. The zero-order chi connectivity index (χ0) is 29.8. The average molecular weight is 556 g/mol. The molecule has 1 aromatic carbocycles. The van der Waals surface area contributed by atoms with Crippen LogP contribution in [0.5, 0.6) is 0 Å². The zero-order valence-electron chi connectivity index (χ0n) is 25.0. The number of Topliss-reactive ketones (excluding diaryl/α,β-unsaturated/α-hetero) is 1. The van der Waals surface area contributed by atoms with E-state index in [1.54, 1.807) is 28.9 Å². The van der Waals surface area contributed by atoms with E-state index in [0.29, 0.717) is 31.4 Å². The first-order valence-electron chi connectivity index (χ1n) is 14.3. The van der Waals surface area contributed by atoms with Crippen molar-refractivity contribution in [1.82, 2.24) is 20.4 Å². The Labute approximate surface area is 237 Å². The number of likely N-dealkylation sites (tertiary alicyclic amines) is 2. The van der Waals surface area contributed by atoms with E-state index in [2.05, 4.69) is 10.6 Å². The van der Waals surface area contributed by atoms with Crippen molar-refractivity contribution in [3.8, 4) is 0 Å². The van der Waals surface area contributed by atoms with E-state index in [-0.39, 0.29) is 41.9 Å². The second kappa shape index (κ2) is 12.8. The van der Waals surface area contributed by atoms with Crippen LogP contribution >= 0.6 is 0 Å². The summed E-state index contributed by atoms with van der Waals surface area (Å²) in [7, 11) is 3.83. The van der Waals surface area contributed by atoms with Gasteiger partial charge < -0.3 is 25.3 Å². The zero-order valence-corrected chi connectivity index (χ0v) is 25.0. The normalized spacial score (nSPS) is 20.6. The van der Waals surface area contributed by atoms with E-state index in [1.165, 1.54) is 6.92 Å². The first-order valence-corrected chi connectivity index (χ1v) is 14.3. The molecular formula is C30H45N5O5. The molecule has 4 amide bonds. The minimum atomic E-state index is -1.12. The van der Waals surface area contributed by atoms with Crippen molar-refractivity contribution in [2.75, 3.05) is 32.1 Å². The predicted octanol–water partition coefficient (Wildman–Crippen LogP) is 2.36. The number of nitrogens with zero attached hydrogens (tertiary/aromatic N) is 3. The molecule has 2 aliphatic rings. The van der Waals surface area contributed by atoms with E-state index in [4.69, 9.17) is 0 Å². The smallest absolute Gasteiger partial charge is 0.251 e. The Morgan fingerprint density at radius 1 is 1.10 bits per heavy atom. The van der Waals surface area contributed by atoms with Gasteiger partial charge in [0, 0.05) is 38.8 Å². The molecule has 0 saturated carbocycles. The lowest BCUT2D eigenvalue weighted by Gasteiger charge is -2.35. The van der Waals surface area contributed by atoms with Crippen molar-refractivity contribution in [3.05, 3.63) is 29.8 Å². The molecule has 2 N–H and O–H groups in total. The number of rotatable bonds is 11. The van der Waals surface area contributed by atoms with Gasteiger partial charge in [-0.2, -0.15) is 0 Å². The molecule has 4 atom stereocenters. The summed E-state index contributed by atoms with van der Waals surface area (Å²) >= 11 is 0. The molecule has 220 valence electrons. The molecule has 2 fully saturated rings. The van der Waals surface area contributed by atoms with E-state index in [1.807, 2.05) is 51.9 Å². The fraction of sp³-hybridized carbons (Fsp3) is 0.633. The maximum absolute atomic E-state index is 13.8. The van der Waals surface area contributed by atoms with Crippen LogP contribution in [0.4, 0.5) is 5.69 Å². The molecule has 2 saturated heterocycles. The largest absolute Gasteiger partial charge is 0.378 e. The molecule has 0 aromatic heterocycles. The van der Waals surface area contributed by atoms with Crippen LogP contribution in [0, 0.1) is 5.92 Å². The number of anilines is 1. The second-order valence-electron chi connectivity index (χ2n) is 11.9. The highest BCUT2D eigenvalue weighted by Crippen LogP contribution is 2.33. The van der Waals surface area contributed by atoms with Gasteiger partial charge in [0.05, 0.1) is 12.6 Å². The minimum Gasteiger partial charge on any atom is -0.378 e. The number of amides is 4. The number of fused-ring (bicyclic) bond motifs is 1. The lowest BCUT2D eigenvalue weighted by atomic mass is 9.92. The summed E-state index contributed by atoms with van der Waals surface area (Å²) < 4.78 is 0. The van der Waals surface area contributed by atoms with Crippen LogP contribution in [-0.4, -0.2) is 90.1 Å². The predicted molar refractivity (Wildman–Crippen MR) is 154 cm³/mol. The topological polar surface area (TPSA) is 119 Å². The van der Waals surface area contributed by atoms with Gasteiger partial charge in [-0.15, -0.1) is 0 Å². The highest BCUT2D eigenvalue weighted by Gasteiger charge is 2.54. The molecular weight excluding hydrogens is 510 g/mol. The van der Waals surface area contributed by atoms with Crippen LogP contribution in [0.2, 0.25) is 0 Å². The first kappa shape index (κ1) is 31.1. The number of hydrogen-bond acceptors (Lipinski definition) is 6. The van der Waals surface area contributed by atoms with Crippen molar-refractivity contribution < 1.29 is 24.0 Å². The van der Waals surface area contributed by atoms with Gasteiger partial charge >= 0.3 is 0 Å². The van der Waals surface area contributed by atoms with Crippen molar-refractivity contribution in [1.29, 1.82) is 0 Å². The highest BCUT2D eigenvalue weighted by molar-refractivity contribution is 6.02. The van der Waals surface area contributed by atoms with Crippen LogP contribution in [0.25, 0.3) is 0 Å². The monoisotopic (exact) mass is 555 g/mol. The Balaban J connectivity index is 1.79. The molecule has 10 nitrogen and oxygen atoms in total. The molecule has 0 spiro atoms. The molecule has 0 bridgehead atoms. The van der Waals surface area contributed by atoms with Gasteiger partial charge in [0.1, 0.15) is 17.6 Å². The number of benzene rings is 1. The maximum Gasteiger partial charge on any atom is 0.251 e. The van der Waals surface area contributed by atoms with Crippen LogP contribution < -0.4 is 15.5 Å². The van der Waals surface area contributed by atoms with Crippen molar-refractivity contribution >= 4 is 35.1 Å². The fourth-order valence-corrected chi connectivity index (χ4v) is 5.84. The van der Waals surface area contributed by atoms with Gasteiger partial charge in [-0.25, -0.2) is 0 Å². The molecule has 3 unspecified atom stereocenters. The van der Waals surface area contributed by atoms with Crippen LogP contribution in [0.3, 0.4) is 0 Å². The number of hydrogen-bond donors (Lipinski definition) is 2. The lowest BCUT2D eigenvalue weighted by Crippen LogP contribution is -2.59. The summed E-state index contributed by atoms with van der Waals surface area (Å²) in [5, 5.41) is 5.72. The lowest BCUT2D eigenvalue weighted by molar-refractivity contribution is -0.142. The molecule has 2 heterocycles. The number of nitrogens with one attached hydrogen (secondary N) is 2. The summed E-state index contributed by atoms with van der Waals surface area (Å²) in [6, 6.07) is 5.13. The van der Waals surface area contributed by atoms with Gasteiger partial charge in [0.2, 0.25) is 17.7 Å². The average Bonchev–Trinajstić information content (AvgIpc) is 3.46. The van der Waals surface area contributed by atoms with Crippen molar-refractivity contribution in [2.24, 2.45) is 5.92 Å². The number of carbonyl (C=O) groups is 5. The van der Waals surface area contributed by atoms with Crippen LogP contribution in [0.1, 0.15) is 77.1 Å². The van der Waals surface area contributed by atoms with Gasteiger partial charge in [0.15, 0.2) is 5.78 Å². The van der Waals surface area contributed by atoms with E-state index < -0.39 is 23.7 Å². The molecule has 1 aromatic rings. The van der Waals surface area contributed by atoms with Crippen LogP contribution in [-0.2, 0) is 19.2 Å². The number of ketones is 1. The number of carbonyl (C=O) groups excluding carboxylic acids is 5. The molecule has 0 radical (unpaired) electrons. The first-order chi connectivity index (χ1) is 18.8. The summed E-state index contributed by atoms with van der Waals surface area (Å²) in [5.74, 6) is -1.33. The third kappa shape index (κ3) is 6.82. The Kier molecular flexibility index (Phi) is 9.97. The quantitative estimate of drug-likeness (QED) is 0.433. The van der Waals surface area contributed by atoms with Crippen molar-refractivity contribution in [2.45, 2.75) is 90.4 Å². The van der Waals surface area contributed by atoms with Gasteiger partial charge in [-0.3, -0.25) is 24.0 Å². The minimum absolute atomic E-state index is 0.0985. The van der Waals surface area contributed by atoms with Gasteiger partial charge in [-0.1, -0.05) is 33.6 Å². The molecule has 2 aliphatic heterocycles. The third-order valence-corrected chi connectivity index (χ3v) is 7.88. The Bertz CT molecular complexity index is 1120. The summed E-state index contributed by atoms with van der Waals surface area (Å²) in [4.78, 5) is 70.9. The van der Waals surface area contributed by atoms with Crippen LogP contribution in [0.15, 0.2) is 24.3 Å². The molecule has 40 heavy (non-hydrogen) atoms. The van der Waals surface area contributed by atoms with E-state index >= 15 is 0 Å². The standard InChI is InChI=1S/C30H45N5O5/c1-8-9-15-30(5,32-20(4)36)29(40)35-18-25(37)26-24(35)14-16-34(26)28(39)23(17-19(2)3)31-27(38)21-10-12-22(13-11-21)33(6)7/h10-13,19,23-24,26H,8-9,14-18H2,1-7H3,(H,31,38)(H,32,36)/t23?,24?,26?,30-/m0/s1. The fourth-order valence-electron chi connectivity index (χ4n) is 5.84. The van der Waals surface area contributed by atoms with E-state index in [9.17, 15) is 24.0 Å². The van der Waals surface area contributed by atoms with Crippen molar-refractivity contribution in [3.63, 3.8) is 0 Å². The Morgan fingerprint density at radius 2 is 1.75 bits per heavy atom. The molecule has 3 rings (SSSR count). The highest BCUT2D eigenvalue weighted by atomic mass is 16.2. The van der Waals surface area contributed by atoms with E-state index in [0.717, 1.165) is 18.5 Å². The summed E-state index contributed by atoms with van der Waals surface area (Å²) in [5.41, 5.74) is 0.284. The van der Waals surface area contributed by atoms with Gasteiger partial charge in [-0.05, 0) is 56.4 Å². The summed E-state index contributed by atoms with van der Waals surface area (Å²) in [6.45, 7) is 9.28. The maximum atomic E-state index is 13.8.